The van der Waals surface area contributed by atoms with E-state index in [1.807, 2.05) is 43.3 Å². The van der Waals surface area contributed by atoms with Gasteiger partial charge in [-0.15, -0.1) is 6.58 Å². The van der Waals surface area contributed by atoms with Gasteiger partial charge in [0.15, 0.2) is 0 Å². The van der Waals surface area contributed by atoms with E-state index in [1.54, 1.807) is 6.07 Å². The van der Waals surface area contributed by atoms with Crippen molar-refractivity contribution in [1.82, 2.24) is 15.5 Å². The minimum absolute atomic E-state index is 0. The lowest BCUT2D eigenvalue weighted by atomic mass is 9.91. The molecule has 2 rings (SSSR count). The maximum absolute atomic E-state index is 14.3. The van der Waals surface area contributed by atoms with Crippen LogP contribution in [0.3, 0.4) is 0 Å². The molecule has 176 valence electrons. The number of nitrogens with zero attached hydrogens (tertiary/aromatic N) is 1. The quantitative estimate of drug-likeness (QED) is 0.478. The third-order valence-electron chi connectivity index (χ3n) is 5.66. The molecule has 0 aliphatic heterocycles. The average molecular weight is 444 g/mol. The molecule has 2 amide bonds. The van der Waals surface area contributed by atoms with Gasteiger partial charge in [0, 0.05) is 28.9 Å². The van der Waals surface area contributed by atoms with E-state index in [2.05, 4.69) is 29.3 Å². The topological polar surface area (TPSA) is 61.4 Å². The van der Waals surface area contributed by atoms with E-state index in [1.165, 1.54) is 19.2 Å². The van der Waals surface area contributed by atoms with Crippen LogP contribution in [0.25, 0.3) is 0 Å². The second-order valence-electron chi connectivity index (χ2n) is 8.20. The van der Waals surface area contributed by atoms with Gasteiger partial charge in [-0.05, 0) is 62.5 Å². The first kappa shape index (κ1) is 25.3. The first-order valence-corrected chi connectivity index (χ1v) is 10.9. The number of likely N-dealkylation sites (N-methyl/N-ethyl adjacent to an activating group) is 1. The Bertz CT molecular complexity index is 910. The van der Waals surface area contributed by atoms with Crippen molar-refractivity contribution in [3.63, 3.8) is 0 Å². The number of allylic oxidation sites excluding steroid dienone is 1. The van der Waals surface area contributed by atoms with Crippen LogP contribution in [0.1, 0.15) is 49.5 Å². The highest BCUT2D eigenvalue weighted by Crippen LogP contribution is 2.25. The van der Waals surface area contributed by atoms with Crippen LogP contribution in [-0.4, -0.2) is 50.4 Å². The molecule has 32 heavy (non-hydrogen) atoms. The Kier molecular flexibility index (Phi) is 10.1. The molecule has 0 saturated heterocycles. The van der Waals surface area contributed by atoms with Crippen molar-refractivity contribution in [3.8, 4) is 0 Å². The van der Waals surface area contributed by atoms with Gasteiger partial charge in [-0.1, -0.05) is 42.5 Å². The summed E-state index contributed by atoms with van der Waals surface area (Å²) in [7, 11) is 5.34. The maximum Gasteiger partial charge on any atom is 0.253 e. The van der Waals surface area contributed by atoms with Gasteiger partial charge in [-0.3, -0.25) is 9.59 Å². The lowest BCUT2D eigenvalue weighted by molar-refractivity contribution is -0.121. The van der Waals surface area contributed by atoms with Crippen LogP contribution >= 0.6 is 0 Å². The number of rotatable bonds is 12. The Hall–Kier alpha value is -2.99. The zero-order valence-corrected chi connectivity index (χ0v) is 19.2. The van der Waals surface area contributed by atoms with Gasteiger partial charge in [-0.2, -0.15) is 0 Å². The van der Waals surface area contributed by atoms with Crippen LogP contribution in [0.4, 0.5) is 4.39 Å². The van der Waals surface area contributed by atoms with E-state index in [0.717, 1.165) is 24.0 Å². The molecular formula is C26H38FN3O2. The molecule has 0 radical (unpaired) electrons. The Morgan fingerprint density at radius 3 is 2.50 bits per heavy atom. The first-order valence-electron chi connectivity index (χ1n) is 10.9. The van der Waals surface area contributed by atoms with E-state index in [4.69, 9.17) is 0 Å². The van der Waals surface area contributed by atoms with Gasteiger partial charge in [-0.25, -0.2) is 4.39 Å². The van der Waals surface area contributed by atoms with Crippen molar-refractivity contribution >= 4 is 11.8 Å². The summed E-state index contributed by atoms with van der Waals surface area (Å²) in [4.78, 5) is 26.4. The van der Waals surface area contributed by atoms with Crippen molar-refractivity contribution < 1.29 is 16.8 Å². The van der Waals surface area contributed by atoms with Crippen molar-refractivity contribution in [2.45, 2.75) is 37.6 Å². The Labute approximate surface area is 193 Å². The predicted molar refractivity (Wildman–Crippen MR) is 131 cm³/mol. The Morgan fingerprint density at radius 1 is 1.19 bits per heavy atom. The fourth-order valence-electron chi connectivity index (χ4n) is 3.67. The van der Waals surface area contributed by atoms with E-state index >= 15 is 0 Å². The summed E-state index contributed by atoms with van der Waals surface area (Å²) < 4.78 is 14.3. The summed E-state index contributed by atoms with van der Waals surface area (Å²) >= 11 is 0. The van der Waals surface area contributed by atoms with Crippen molar-refractivity contribution in [2.75, 3.05) is 27.7 Å². The lowest BCUT2D eigenvalue weighted by Crippen LogP contribution is -2.42. The molecule has 0 bridgehead atoms. The van der Waals surface area contributed by atoms with Gasteiger partial charge in [0.2, 0.25) is 5.91 Å². The molecule has 0 saturated carbocycles. The summed E-state index contributed by atoms with van der Waals surface area (Å²) in [5.74, 6) is -0.861. The minimum Gasteiger partial charge on any atom is -0.355 e. The number of benzene rings is 2. The predicted octanol–water partition coefficient (Wildman–Crippen LogP) is 4.41. The molecule has 2 aromatic rings. The van der Waals surface area contributed by atoms with Crippen LogP contribution in [0.5, 0.6) is 0 Å². The van der Waals surface area contributed by atoms with Crippen LogP contribution in [0.2, 0.25) is 0 Å². The Morgan fingerprint density at radius 2 is 1.91 bits per heavy atom. The van der Waals surface area contributed by atoms with Crippen LogP contribution in [0.15, 0.2) is 61.2 Å². The van der Waals surface area contributed by atoms with Crippen LogP contribution < -0.4 is 10.6 Å². The molecule has 5 nitrogen and oxygen atoms in total. The molecule has 0 unspecified atom stereocenters. The van der Waals surface area contributed by atoms with E-state index in [0.29, 0.717) is 19.4 Å². The van der Waals surface area contributed by atoms with E-state index < -0.39 is 11.7 Å². The largest absolute Gasteiger partial charge is 0.355 e. The van der Waals surface area contributed by atoms with Gasteiger partial charge < -0.3 is 15.5 Å². The molecular weight excluding hydrogens is 405 g/mol. The highest BCUT2D eigenvalue weighted by atomic mass is 19.1. The number of amides is 2. The highest BCUT2D eigenvalue weighted by Gasteiger charge is 2.19. The SMILES string of the molecule is C=CCC[C@@H](CC(=O)NC[C@H](Cc1ccc(C(=O)NC)c(F)c1)N(C)C)c1ccccc1.[HH].[HH]. The van der Waals surface area contributed by atoms with Gasteiger partial charge in [0.05, 0.1) is 5.56 Å². The zero-order valence-electron chi connectivity index (χ0n) is 19.2. The number of hydrogen-bond acceptors (Lipinski definition) is 3. The minimum atomic E-state index is -0.545. The lowest BCUT2D eigenvalue weighted by Gasteiger charge is -2.25. The summed E-state index contributed by atoms with van der Waals surface area (Å²) in [5, 5.41) is 5.48. The number of hydrogen-bond donors (Lipinski definition) is 2. The van der Waals surface area contributed by atoms with E-state index in [-0.39, 0.29) is 26.3 Å². The number of carbonyl (C=O) groups is 2. The van der Waals surface area contributed by atoms with Crippen LogP contribution in [0, 0.1) is 5.82 Å². The molecule has 6 heteroatoms. The molecule has 2 N–H and O–H groups in total. The number of carbonyl (C=O) groups excluding carboxylic acids is 2. The highest BCUT2D eigenvalue weighted by molar-refractivity contribution is 5.94. The zero-order chi connectivity index (χ0) is 23.5. The summed E-state index contributed by atoms with van der Waals surface area (Å²) in [6.07, 6.45) is 4.56. The van der Waals surface area contributed by atoms with Gasteiger partial charge >= 0.3 is 0 Å². The molecule has 0 aliphatic rings. The summed E-state index contributed by atoms with van der Waals surface area (Å²) in [6, 6.07) is 14.7. The second kappa shape index (κ2) is 12.8. The summed E-state index contributed by atoms with van der Waals surface area (Å²) in [5.41, 5.74) is 1.95. The number of nitrogens with one attached hydrogen (secondary N) is 2. The standard InChI is InChI=1S/C26H34FN3O2.2H2/c1-5-6-10-21(20-11-8-7-9-12-20)17-25(31)29-18-22(30(3)4)15-19-13-14-23(24(27)16-19)26(32)28-2;;/h5,7-9,11-14,16,21-22H,1,6,10,15,17-18H2,2-4H3,(H,28,32)(H,29,31);2*1H/t21-,22-;;/m0../s1. The molecule has 0 spiro atoms. The van der Waals surface area contributed by atoms with Gasteiger partial charge in [0.25, 0.3) is 5.91 Å². The third kappa shape index (κ3) is 7.61. The van der Waals surface area contributed by atoms with Crippen LogP contribution in [-0.2, 0) is 11.2 Å². The molecule has 0 aromatic heterocycles. The fraction of sp³-hybridized carbons (Fsp3) is 0.385. The van der Waals surface area contributed by atoms with Crippen molar-refractivity contribution in [3.05, 3.63) is 83.7 Å². The second-order valence-corrected chi connectivity index (χ2v) is 8.20. The van der Waals surface area contributed by atoms with E-state index in [9.17, 15) is 14.0 Å². The summed E-state index contributed by atoms with van der Waals surface area (Å²) in [6.45, 7) is 4.25. The first-order chi connectivity index (χ1) is 15.3. The molecule has 0 heterocycles. The molecule has 2 atom stereocenters. The fourth-order valence-corrected chi connectivity index (χ4v) is 3.67. The van der Waals surface area contributed by atoms with Crippen molar-refractivity contribution in [1.29, 1.82) is 0 Å². The third-order valence-corrected chi connectivity index (χ3v) is 5.66. The maximum atomic E-state index is 14.3. The van der Waals surface area contributed by atoms with Gasteiger partial charge in [0.1, 0.15) is 5.82 Å². The number of halogens is 1. The molecule has 0 fully saturated rings. The molecule has 0 aliphatic carbocycles. The van der Waals surface area contributed by atoms with Crippen molar-refractivity contribution in [2.24, 2.45) is 0 Å². The normalized spacial score (nSPS) is 12.8. The smallest absolute Gasteiger partial charge is 0.253 e. The molecule has 2 aromatic carbocycles. The average Bonchev–Trinajstić information content (AvgIpc) is 2.79. The Balaban J connectivity index is 0.00000544. The monoisotopic (exact) mass is 443 g/mol.